The molecule has 0 aliphatic carbocycles. The van der Waals surface area contributed by atoms with Gasteiger partial charge in [0.15, 0.2) is 10.9 Å². The molecule has 1 aliphatic heterocycles. The molecule has 2 aromatic carbocycles. The van der Waals surface area contributed by atoms with Gasteiger partial charge >= 0.3 is 5.97 Å². The van der Waals surface area contributed by atoms with Crippen molar-refractivity contribution < 1.29 is 17.9 Å². The van der Waals surface area contributed by atoms with Gasteiger partial charge < -0.3 is 4.74 Å². The molecule has 2 atom stereocenters. The summed E-state index contributed by atoms with van der Waals surface area (Å²) in [5.41, 5.74) is 1.55. The number of hydrogen-bond acceptors (Lipinski definition) is 5. The lowest BCUT2D eigenvalue weighted by molar-refractivity contribution is -0.147. The molecular weight excluding hydrogens is 435 g/mol. The van der Waals surface area contributed by atoms with Gasteiger partial charge in [-0.25, -0.2) is 17.5 Å². The Labute approximate surface area is 180 Å². The Hall–Kier alpha value is -2.09. The first-order valence-corrected chi connectivity index (χ1v) is 11.3. The van der Waals surface area contributed by atoms with Gasteiger partial charge in [-0.2, -0.15) is 0 Å². The molecule has 0 radical (unpaired) electrons. The van der Waals surface area contributed by atoms with E-state index in [2.05, 4.69) is 4.99 Å². The van der Waals surface area contributed by atoms with Crippen molar-refractivity contribution in [2.75, 3.05) is 6.61 Å². The Morgan fingerprint density at radius 2 is 1.76 bits per heavy atom. The van der Waals surface area contributed by atoms with E-state index in [4.69, 9.17) is 27.9 Å². The minimum atomic E-state index is -4.17. The number of amidine groups is 1. The van der Waals surface area contributed by atoms with Gasteiger partial charge in [0.05, 0.1) is 11.5 Å². The number of aryl methyl sites for hydroxylation is 1. The van der Waals surface area contributed by atoms with Crippen molar-refractivity contribution in [3.05, 3.63) is 65.7 Å². The predicted octanol–water partition coefficient (Wildman–Crippen LogP) is 3.87. The Balaban J connectivity index is 2.16. The number of halogens is 2. The van der Waals surface area contributed by atoms with Crippen molar-refractivity contribution >= 4 is 45.0 Å². The van der Waals surface area contributed by atoms with Crippen LogP contribution >= 0.6 is 23.2 Å². The molecule has 0 saturated heterocycles. The molecule has 1 heterocycles. The van der Waals surface area contributed by atoms with Crippen LogP contribution in [0.2, 0.25) is 0 Å². The molecular formula is C20H20Cl2N2O4S. The van der Waals surface area contributed by atoms with Gasteiger partial charge in [0.1, 0.15) is 11.9 Å². The summed E-state index contributed by atoms with van der Waals surface area (Å²) in [6, 6.07) is 13.1. The van der Waals surface area contributed by atoms with Crippen molar-refractivity contribution in [3.63, 3.8) is 0 Å². The lowest BCUT2D eigenvalue weighted by Crippen LogP contribution is -2.48. The number of hydrogen-bond donors (Lipinski definition) is 0. The van der Waals surface area contributed by atoms with Crippen molar-refractivity contribution in [2.24, 2.45) is 4.99 Å². The lowest BCUT2D eigenvalue weighted by atomic mass is 10.0. The summed E-state index contributed by atoms with van der Waals surface area (Å²) >= 11 is 12.1. The van der Waals surface area contributed by atoms with Crippen molar-refractivity contribution in [3.8, 4) is 0 Å². The highest BCUT2D eigenvalue weighted by Gasteiger charge is 2.50. The quantitative estimate of drug-likeness (QED) is 0.490. The first kappa shape index (κ1) is 21.6. The molecule has 2 aromatic rings. The average Bonchev–Trinajstić information content (AvgIpc) is 3.11. The summed E-state index contributed by atoms with van der Waals surface area (Å²) < 4.78 is 33.0. The summed E-state index contributed by atoms with van der Waals surface area (Å²) in [5.74, 6) is -0.828. The first-order chi connectivity index (χ1) is 13.8. The third-order valence-corrected chi connectivity index (χ3v) is 6.68. The van der Waals surface area contributed by atoms with E-state index in [-0.39, 0.29) is 17.3 Å². The van der Waals surface area contributed by atoms with Crippen LogP contribution in [0.5, 0.6) is 0 Å². The minimum Gasteiger partial charge on any atom is -0.464 e. The van der Waals surface area contributed by atoms with Gasteiger partial charge in [-0.1, -0.05) is 71.2 Å². The SMILES string of the molecule is CCOC(=O)[C@@H]1[C@@H](c2ccccc2)N=C(C(Cl)Cl)N1S(=O)(=O)c1ccc(C)cc1. The molecule has 1 aliphatic rings. The molecule has 0 saturated carbocycles. The Morgan fingerprint density at radius 1 is 1.14 bits per heavy atom. The number of carbonyl (C=O) groups is 1. The van der Waals surface area contributed by atoms with Crippen LogP contribution in [0.3, 0.4) is 0 Å². The fourth-order valence-corrected chi connectivity index (χ4v) is 5.19. The zero-order valence-corrected chi connectivity index (χ0v) is 18.2. The Bertz CT molecular complexity index is 1010. The van der Waals surface area contributed by atoms with Crippen LogP contribution in [0.4, 0.5) is 0 Å². The van der Waals surface area contributed by atoms with E-state index in [1.807, 2.05) is 13.0 Å². The molecule has 29 heavy (non-hydrogen) atoms. The summed E-state index contributed by atoms with van der Waals surface area (Å²) in [6.45, 7) is 3.59. The standard InChI is InChI=1S/C20H20Cl2N2O4S/c1-3-28-20(25)17-16(14-7-5-4-6-8-14)23-19(18(21)22)24(17)29(26,27)15-11-9-13(2)10-12-15/h4-12,16-18H,3H2,1-2H3/t16-,17+/m1/s1. The molecule has 0 spiro atoms. The molecule has 0 amide bonds. The number of carbonyl (C=O) groups excluding carboxylic acids is 1. The number of rotatable bonds is 6. The maximum atomic E-state index is 13.5. The van der Waals surface area contributed by atoms with Crippen LogP contribution in [0.1, 0.15) is 24.1 Å². The van der Waals surface area contributed by atoms with E-state index in [0.717, 1.165) is 9.87 Å². The lowest BCUT2D eigenvalue weighted by Gasteiger charge is -2.28. The van der Waals surface area contributed by atoms with Gasteiger partial charge in [-0.05, 0) is 31.5 Å². The van der Waals surface area contributed by atoms with E-state index >= 15 is 0 Å². The maximum absolute atomic E-state index is 13.5. The Morgan fingerprint density at radius 3 is 2.31 bits per heavy atom. The van der Waals surface area contributed by atoms with E-state index in [0.29, 0.717) is 5.56 Å². The smallest absolute Gasteiger partial charge is 0.332 e. The molecule has 0 bridgehead atoms. The largest absolute Gasteiger partial charge is 0.464 e. The number of benzene rings is 2. The van der Waals surface area contributed by atoms with Crippen molar-refractivity contribution in [1.29, 1.82) is 0 Å². The summed E-state index contributed by atoms with van der Waals surface area (Å²) in [7, 11) is -4.17. The fraction of sp³-hybridized carbons (Fsp3) is 0.300. The topological polar surface area (TPSA) is 76.0 Å². The summed E-state index contributed by atoms with van der Waals surface area (Å²) in [5, 5.41) is 0. The number of sulfonamides is 1. The highest BCUT2D eigenvalue weighted by molar-refractivity contribution is 7.89. The highest BCUT2D eigenvalue weighted by atomic mass is 35.5. The van der Waals surface area contributed by atoms with Gasteiger partial charge in [0.25, 0.3) is 10.0 Å². The number of ether oxygens (including phenoxy) is 1. The minimum absolute atomic E-state index is 0.00722. The second-order valence-electron chi connectivity index (χ2n) is 6.45. The zero-order valence-electron chi connectivity index (χ0n) is 15.8. The summed E-state index contributed by atoms with van der Waals surface area (Å²) in [4.78, 5) is 16.0. The van der Waals surface area contributed by atoms with Crippen LogP contribution in [0, 0.1) is 6.92 Å². The summed E-state index contributed by atoms with van der Waals surface area (Å²) in [6.07, 6.45) is 0. The van der Waals surface area contributed by atoms with E-state index < -0.39 is 32.9 Å². The first-order valence-electron chi connectivity index (χ1n) is 8.96. The number of esters is 1. The number of nitrogens with zero attached hydrogens (tertiary/aromatic N) is 2. The van der Waals surface area contributed by atoms with E-state index in [1.54, 1.807) is 43.3 Å². The van der Waals surface area contributed by atoms with E-state index in [9.17, 15) is 13.2 Å². The third kappa shape index (κ3) is 4.27. The fourth-order valence-electron chi connectivity index (χ4n) is 3.15. The van der Waals surface area contributed by atoms with Crippen molar-refractivity contribution in [2.45, 2.75) is 35.7 Å². The van der Waals surface area contributed by atoms with Gasteiger partial charge in [0, 0.05) is 0 Å². The molecule has 154 valence electrons. The van der Waals surface area contributed by atoms with Crippen molar-refractivity contribution in [1.82, 2.24) is 4.31 Å². The molecule has 9 heteroatoms. The monoisotopic (exact) mass is 454 g/mol. The predicted molar refractivity (Wildman–Crippen MR) is 113 cm³/mol. The van der Waals surface area contributed by atoms with Gasteiger partial charge in [-0.3, -0.25) is 4.99 Å². The molecule has 0 fully saturated rings. The molecule has 6 nitrogen and oxygen atoms in total. The maximum Gasteiger partial charge on any atom is 0.332 e. The third-order valence-electron chi connectivity index (χ3n) is 4.49. The normalized spacial score (nSPS) is 19.3. The zero-order chi connectivity index (χ0) is 21.2. The second kappa shape index (κ2) is 8.73. The molecule has 3 rings (SSSR count). The number of aliphatic imine (C=N–C) groups is 1. The Kier molecular flexibility index (Phi) is 6.51. The second-order valence-corrected chi connectivity index (χ2v) is 9.37. The van der Waals surface area contributed by atoms with Crippen LogP contribution < -0.4 is 0 Å². The average molecular weight is 455 g/mol. The van der Waals surface area contributed by atoms with Crippen LogP contribution in [0.25, 0.3) is 0 Å². The van der Waals surface area contributed by atoms with Crippen LogP contribution in [0.15, 0.2) is 64.5 Å². The van der Waals surface area contributed by atoms with Crippen LogP contribution in [-0.4, -0.2) is 42.0 Å². The molecule has 0 aromatic heterocycles. The molecule has 0 N–H and O–H groups in total. The molecule has 0 unspecified atom stereocenters. The van der Waals surface area contributed by atoms with Gasteiger partial charge in [0.2, 0.25) is 0 Å². The van der Waals surface area contributed by atoms with E-state index in [1.165, 1.54) is 12.1 Å². The van der Waals surface area contributed by atoms with Gasteiger partial charge in [-0.15, -0.1) is 0 Å². The number of alkyl halides is 2. The highest BCUT2D eigenvalue weighted by Crippen LogP contribution is 2.38. The van der Waals surface area contributed by atoms with Crippen LogP contribution in [-0.2, 0) is 19.6 Å².